The summed E-state index contributed by atoms with van der Waals surface area (Å²) < 4.78 is 43.3. The van der Waals surface area contributed by atoms with E-state index in [4.69, 9.17) is 4.52 Å². The van der Waals surface area contributed by atoms with Gasteiger partial charge < -0.3 is 14.7 Å². The lowest BCUT2D eigenvalue weighted by atomic mass is 9.89. The number of hydrogen-bond donors (Lipinski definition) is 1. The molecule has 11 heteroatoms. The molecule has 0 aliphatic carbocycles. The summed E-state index contributed by atoms with van der Waals surface area (Å²) in [5.74, 6) is 0.506. The molecule has 2 amide bonds. The molecule has 39 heavy (non-hydrogen) atoms. The Hall–Kier alpha value is -3.99. The minimum atomic E-state index is -4.43. The molecule has 0 radical (unpaired) electrons. The van der Waals surface area contributed by atoms with Gasteiger partial charge in [-0.05, 0) is 66.5 Å². The highest BCUT2D eigenvalue weighted by molar-refractivity contribution is 7.13. The maximum Gasteiger partial charge on any atom is 0.417 e. The first kappa shape index (κ1) is 26.6. The normalized spacial score (nSPS) is 14.4. The van der Waals surface area contributed by atoms with E-state index in [1.807, 2.05) is 41.8 Å². The molecule has 4 aromatic rings. The van der Waals surface area contributed by atoms with E-state index in [-0.39, 0.29) is 24.7 Å². The lowest BCUT2D eigenvalue weighted by Crippen LogP contribution is -2.38. The maximum absolute atomic E-state index is 12.9. The second-order valence-electron chi connectivity index (χ2n) is 9.33. The Balaban J connectivity index is 1.08. The van der Waals surface area contributed by atoms with E-state index < -0.39 is 11.7 Å². The first-order chi connectivity index (χ1) is 18.8. The highest BCUT2D eigenvalue weighted by Crippen LogP contribution is 2.31. The van der Waals surface area contributed by atoms with Crippen LogP contribution in [0.2, 0.25) is 0 Å². The number of likely N-dealkylation sites (tertiary alicyclic amines) is 1. The molecular weight excluding hydrogens is 529 g/mol. The minimum Gasteiger partial charge on any atom is -0.355 e. The highest BCUT2D eigenvalue weighted by atomic mass is 32.1. The third-order valence-electron chi connectivity index (χ3n) is 6.70. The molecular formula is C28H25F3N4O3S. The van der Waals surface area contributed by atoms with Crippen LogP contribution in [0.25, 0.3) is 10.6 Å². The Morgan fingerprint density at radius 3 is 2.49 bits per heavy atom. The van der Waals surface area contributed by atoms with E-state index >= 15 is 0 Å². The topological polar surface area (TPSA) is 88.3 Å². The molecule has 5 rings (SSSR count). The number of carbonyl (C=O) groups is 2. The number of carbonyl (C=O) groups excluding carboxylic acids is 2. The fraction of sp³-hybridized carbons (Fsp3) is 0.286. The average molecular weight is 555 g/mol. The second-order valence-corrected chi connectivity index (χ2v) is 10.3. The Morgan fingerprint density at radius 2 is 1.85 bits per heavy atom. The third kappa shape index (κ3) is 6.54. The van der Waals surface area contributed by atoms with Crippen LogP contribution >= 0.6 is 11.3 Å². The van der Waals surface area contributed by atoms with E-state index in [0.717, 1.165) is 35.5 Å². The van der Waals surface area contributed by atoms with Crippen molar-refractivity contribution in [2.45, 2.75) is 37.8 Å². The van der Waals surface area contributed by atoms with Crippen molar-refractivity contribution in [2.75, 3.05) is 18.4 Å². The molecule has 0 spiro atoms. The molecule has 1 aromatic carbocycles. The lowest BCUT2D eigenvalue weighted by Gasteiger charge is -2.31. The van der Waals surface area contributed by atoms with E-state index in [1.165, 1.54) is 17.4 Å². The van der Waals surface area contributed by atoms with Gasteiger partial charge >= 0.3 is 6.18 Å². The van der Waals surface area contributed by atoms with E-state index in [1.54, 1.807) is 11.0 Å². The van der Waals surface area contributed by atoms with Gasteiger partial charge in [0.05, 0.1) is 10.4 Å². The van der Waals surface area contributed by atoms with Gasteiger partial charge in [0.25, 0.3) is 5.91 Å². The van der Waals surface area contributed by atoms with Crippen molar-refractivity contribution in [3.05, 3.63) is 88.7 Å². The lowest BCUT2D eigenvalue weighted by molar-refractivity contribution is -0.137. The van der Waals surface area contributed by atoms with Crippen molar-refractivity contribution < 1.29 is 27.3 Å². The van der Waals surface area contributed by atoms with E-state index in [9.17, 15) is 22.8 Å². The second kappa shape index (κ2) is 11.4. The Kier molecular flexibility index (Phi) is 7.78. The van der Waals surface area contributed by atoms with Crippen LogP contribution in [0.4, 0.5) is 18.9 Å². The number of benzene rings is 1. The van der Waals surface area contributed by atoms with Crippen molar-refractivity contribution in [1.29, 1.82) is 0 Å². The summed E-state index contributed by atoms with van der Waals surface area (Å²) >= 11 is 1.53. The zero-order valence-corrected chi connectivity index (χ0v) is 21.6. The first-order valence-electron chi connectivity index (χ1n) is 12.5. The summed E-state index contributed by atoms with van der Waals surface area (Å²) in [4.78, 5) is 31.7. The van der Waals surface area contributed by atoms with Crippen molar-refractivity contribution in [3.63, 3.8) is 0 Å². The molecule has 1 saturated heterocycles. The minimum absolute atomic E-state index is 0.104. The average Bonchev–Trinajstić information content (AvgIpc) is 3.65. The number of rotatable bonds is 7. The van der Waals surface area contributed by atoms with Crippen molar-refractivity contribution in [1.82, 2.24) is 15.0 Å². The quantitative estimate of drug-likeness (QED) is 0.285. The fourth-order valence-corrected chi connectivity index (χ4v) is 5.21. The summed E-state index contributed by atoms with van der Waals surface area (Å²) in [6, 6.07) is 15.4. The molecule has 0 unspecified atom stereocenters. The SMILES string of the molecule is O=C(CCc1ccc(C(F)(F)F)cn1)Nc1ccc(C2CCN(C(=O)c3cc(-c4cccs4)on3)CC2)cc1. The molecule has 0 atom stereocenters. The number of thiophene rings is 1. The summed E-state index contributed by atoms with van der Waals surface area (Å²) in [6.07, 6.45) is -1.69. The Morgan fingerprint density at radius 1 is 1.08 bits per heavy atom. The van der Waals surface area contributed by atoms with Gasteiger partial charge in [0.15, 0.2) is 11.5 Å². The third-order valence-corrected chi connectivity index (χ3v) is 7.59. The van der Waals surface area contributed by atoms with E-state index in [0.29, 0.717) is 41.8 Å². The monoisotopic (exact) mass is 554 g/mol. The molecule has 202 valence electrons. The smallest absolute Gasteiger partial charge is 0.355 e. The molecule has 7 nitrogen and oxygen atoms in total. The largest absolute Gasteiger partial charge is 0.417 e. The molecule has 1 fully saturated rings. The number of hydrogen-bond acceptors (Lipinski definition) is 6. The van der Waals surface area contributed by atoms with Crippen LogP contribution in [0.5, 0.6) is 0 Å². The number of alkyl halides is 3. The molecule has 0 saturated carbocycles. The maximum atomic E-state index is 12.9. The van der Waals surface area contributed by atoms with Crippen LogP contribution in [0.3, 0.4) is 0 Å². The number of aryl methyl sites for hydroxylation is 1. The predicted octanol–water partition coefficient (Wildman–Crippen LogP) is 6.41. The molecule has 4 heterocycles. The number of aromatic nitrogens is 2. The van der Waals surface area contributed by atoms with Crippen molar-refractivity contribution in [3.8, 4) is 10.6 Å². The predicted molar refractivity (Wildman–Crippen MR) is 140 cm³/mol. The number of pyridine rings is 1. The number of halogens is 3. The van der Waals surface area contributed by atoms with Gasteiger partial charge in [-0.25, -0.2) is 0 Å². The molecule has 0 bridgehead atoms. The van der Waals surface area contributed by atoms with Crippen LogP contribution in [-0.2, 0) is 17.4 Å². The summed E-state index contributed by atoms with van der Waals surface area (Å²) in [5, 5.41) is 8.72. The van der Waals surface area contributed by atoms with Crippen LogP contribution < -0.4 is 5.32 Å². The summed E-state index contributed by atoms with van der Waals surface area (Å²) in [6.45, 7) is 1.22. The van der Waals surface area contributed by atoms with Crippen LogP contribution in [0.15, 0.2) is 70.7 Å². The number of nitrogens with one attached hydrogen (secondary N) is 1. The van der Waals surface area contributed by atoms with Gasteiger partial charge in [-0.15, -0.1) is 11.3 Å². The van der Waals surface area contributed by atoms with Gasteiger partial charge in [0.2, 0.25) is 5.91 Å². The van der Waals surface area contributed by atoms with Gasteiger partial charge in [0, 0.05) is 43.2 Å². The van der Waals surface area contributed by atoms with Crippen LogP contribution in [-0.4, -0.2) is 39.9 Å². The summed E-state index contributed by atoms with van der Waals surface area (Å²) in [7, 11) is 0. The Bertz CT molecular complexity index is 1410. The standard InChI is InChI=1S/C28H25F3N4O3S/c29-28(30,31)20-5-8-21(32-17-20)9-10-26(36)33-22-6-3-18(4-7-22)19-11-13-35(14-12-19)27(37)23-16-24(38-34-23)25-2-1-15-39-25/h1-8,15-17,19H,9-14H2,(H,33,36). The van der Waals surface area contributed by atoms with Gasteiger partial charge in [-0.1, -0.05) is 23.4 Å². The highest BCUT2D eigenvalue weighted by Gasteiger charge is 2.30. The van der Waals surface area contributed by atoms with Crippen LogP contribution in [0, 0.1) is 0 Å². The first-order valence-corrected chi connectivity index (χ1v) is 13.4. The molecule has 1 aliphatic rings. The molecule has 1 N–H and O–H groups in total. The Labute approximate surface area is 226 Å². The van der Waals surface area contributed by atoms with Crippen LogP contribution in [0.1, 0.15) is 52.5 Å². The van der Waals surface area contributed by atoms with Crippen molar-refractivity contribution in [2.24, 2.45) is 0 Å². The van der Waals surface area contributed by atoms with E-state index in [2.05, 4.69) is 15.5 Å². The van der Waals surface area contributed by atoms with Crippen molar-refractivity contribution >= 4 is 28.8 Å². The number of nitrogens with zero attached hydrogens (tertiary/aromatic N) is 3. The summed E-state index contributed by atoms with van der Waals surface area (Å²) in [5.41, 5.74) is 1.70. The molecule has 3 aromatic heterocycles. The number of anilines is 1. The number of piperidine rings is 1. The van der Waals surface area contributed by atoms with Gasteiger partial charge in [-0.2, -0.15) is 13.2 Å². The number of amides is 2. The van der Waals surface area contributed by atoms with Gasteiger partial charge in [-0.3, -0.25) is 14.6 Å². The zero-order chi connectivity index (χ0) is 27.4. The zero-order valence-electron chi connectivity index (χ0n) is 20.8. The molecule has 1 aliphatic heterocycles. The van der Waals surface area contributed by atoms with Gasteiger partial charge in [0.1, 0.15) is 0 Å². The fourth-order valence-electron chi connectivity index (χ4n) is 4.53.